The van der Waals surface area contributed by atoms with Crippen molar-refractivity contribution in [1.29, 1.82) is 0 Å². The second-order valence-electron chi connectivity index (χ2n) is 4.57. The zero-order valence-electron chi connectivity index (χ0n) is 12.6. The molecule has 0 aliphatic rings. The number of hydrogen-bond acceptors (Lipinski definition) is 2. The van der Waals surface area contributed by atoms with E-state index in [4.69, 9.17) is 4.55 Å². The molecule has 0 atom stereocenters. The first-order valence-corrected chi connectivity index (χ1v) is 8.51. The molecule has 6 heteroatoms. The van der Waals surface area contributed by atoms with E-state index < -0.39 is 18.0 Å². The molecule has 1 aromatic carbocycles. The Morgan fingerprint density at radius 3 is 2.06 bits per heavy atom. The van der Waals surface area contributed by atoms with Crippen molar-refractivity contribution in [2.75, 3.05) is 0 Å². The largest absolute Gasteiger partial charge is 1.00 e. The van der Waals surface area contributed by atoms with Crippen LogP contribution in [0.3, 0.4) is 0 Å². The molecule has 1 rings (SSSR count). The van der Waals surface area contributed by atoms with E-state index >= 15 is 0 Å². The summed E-state index contributed by atoms with van der Waals surface area (Å²) in [4.78, 5) is -0.0104. The molecule has 0 amide bonds. The van der Waals surface area contributed by atoms with Crippen molar-refractivity contribution in [3.8, 4) is 0 Å². The van der Waals surface area contributed by atoms with Crippen LogP contribution in [-0.2, 0) is 10.1 Å². The van der Waals surface area contributed by atoms with E-state index in [9.17, 15) is 8.42 Å². The molecule has 0 aromatic heterocycles. The van der Waals surface area contributed by atoms with Crippen molar-refractivity contribution < 1.29 is 44.0 Å². The predicted molar refractivity (Wildman–Crippen MR) is 74.2 cm³/mol. The van der Waals surface area contributed by atoms with Crippen molar-refractivity contribution >= 4 is 23.3 Å². The topological polar surface area (TPSA) is 54.4 Å². The van der Waals surface area contributed by atoms with Gasteiger partial charge in [0.1, 0.15) is 0 Å². The maximum atomic E-state index is 11.1. The molecular formula is C12H20NaO3PS. The van der Waals surface area contributed by atoms with Gasteiger partial charge in [0.15, 0.2) is 0 Å². The third-order valence-electron chi connectivity index (χ3n) is 2.53. The first-order valence-electron chi connectivity index (χ1n) is 5.59. The quantitative estimate of drug-likeness (QED) is 0.483. The Labute approximate surface area is 135 Å². The molecule has 0 spiro atoms. The Morgan fingerprint density at radius 2 is 1.67 bits per heavy atom. The van der Waals surface area contributed by atoms with Crippen LogP contribution in [0.4, 0.5) is 0 Å². The van der Waals surface area contributed by atoms with Crippen molar-refractivity contribution in [2.45, 2.75) is 43.9 Å². The monoisotopic (exact) mass is 298 g/mol. The molecule has 0 aliphatic heterocycles. The molecular weight excluding hydrogens is 278 g/mol. The average molecular weight is 298 g/mol. The van der Waals surface area contributed by atoms with Gasteiger partial charge in [-0.25, -0.2) is 0 Å². The maximum absolute atomic E-state index is 11.1. The van der Waals surface area contributed by atoms with Crippen molar-refractivity contribution in [3.05, 3.63) is 24.3 Å². The van der Waals surface area contributed by atoms with Crippen LogP contribution >= 0.6 is 7.92 Å². The van der Waals surface area contributed by atoms with Gasteiger partial charge < -0.3 is 1.43 Å². The van der Waals surface area contributed by atoms with Crippen LogP contribution in [0.1, 0.15) is 29.1 Å². The summed E-state index contributed by atoms with van der Waals surface area (Å²) in [5.41, 5.74) is 0.975. The van der Waals surface area contributed by atoms with Crippen molar-refractivity contribution in [1.82, 2.24) is 0 Å². The second-order valence-corrected chi connectivity index (χ2v) is 9.39. The third kappa shape index (κ3) is 4.92. The molecule has 18 heavy (non-hydrogen) atoms. The van der Waals surface area contributed by atoms with Gasteiger partial charge in [-0.15, -0.1) is 0 Å². The van der Waals surface area contributed by atoms with Gasteiger partial charge in [-0.1, -0.05) is 47.7 Å². The summed E-state index contributed by atoms with van der Waals surface area (Å²) >= 11 is 0. The van der Waals surface area contributed by atoms with Crippen LogP contribution in [0.15, 0.2) is 29.2 Å². The molecule has 0 saturated carbocycles. The predicted octanol–water partition coefficient (Wildman–Crippen LogP) is -0.0262. The number of benzene rings is 1. The van der Waals surface area contributed by atoms with E-state index in [0.29, 0.717) is 11.3 Å². The average Bonchev–Trinajstić information content (AvgIpc) is 2.15. The minimum Gasteiger partial charge on any atom is -1.00 e. The summed E-state index contributed by atoms with van der Waals surface area (Å²) in [7, 11) is -4.51. The fraction of sp³-hybridized carbons (Fsp3) is 0.500. The molecule has 0 aliphatic carbocycles. The molecule has 0 heterocycles. The van der Waals surface area contributed by atoms with Gasteiger partial charge in [0, 0.05) is 0 Å². The maximum Gasteiger partial charge on any atom is 1.00 e. The number of rotatable bonds is 4. The Kier molecular flexibility index (Phi) is 7.60. The van der Waals surface area contributed by atoms with Crippen LogP contribution in [-0.4, -0.2) is 24.3 Å². The minimum atomic E-state index is -4.10. The standard InChI is InChI=1S/C12H19O3PS.Na.H/c1-9(2)16(10(3)4)11-6-5-7-12(8-11)17(13,14)15;;/h5-10H,1-4H3,(H,13,14,15);;/q;+1;-1. The second kappa shape index (κ2) is 7.37. The molecule has 3 nitrogen and oxygen atoms in total. The summed E-state index contributed by atoms with van der Waals surface area (Å²) in [6.07, 6.45) is 0. The van der Waals surface area contributed by atoms with Crippen LogP contribution in [0.25, 0.3) is 0 Å². The van der Waals surface area contributed by atoms with Gasteiger partial charge in [0.05, 0.1) is 4.90 Å². The fourth-order valence-corrected chi connectivity index (χ4v) is 5.54. The van der Waals surface area contributed by atoms with Gasteiger partial charge >= 0.3 is 29.6 Å². The van der Waals surface area contributed by atoms with Gasteiger partial charge in [-0.2, -0.15) is 8.42 Å². The van der Waals surface area contributed by atoms with Crippen LogP contribution in [0.5, 0.6) is 0 Å². The first kappa shape index (κ1) is 18.6. The van der Waals surface area contributed by atoms with E-state index in [-0.39, 0.29) is 35.9 Å². The summed E-state index contributed by atoms with van der Waals surface area (Å²) in [5, 5.41) is 1.03. The van der Waals surface area contributed by atoms with E-state index in [0.717, 1.165) is 5.30 Å². The normalized spacial score (nSPS) is 12.0. The minimum absolute atomic E-state index is 0. The van der Waals surface area contributed by atoms with E-state index in [1.54, 1.807) is 12.1 Å². The summed E-state index contributed by atoms with van der Waals surface area (Å²) in [6.45, 7) is 8.58. The Bertz CT molecular complexity index is 484. The van der Waals surface area contributed by atoms with Gasteiger partial charge in [-0.05, 0) is 28.8 Å². The molecule has 1 aromatic rings. The van der Waals surface area contributed by atoms with Gasteiger partial charge in [0.2, 0.25) is 0 Å². The van der Waals surface area contributed by atoms with Crippen LogP contribution in [0, 0.1) is 0 Å². The van der Waals surface area contributed by atoms with Gasteiger partial charge in [0.25, 0.3) is 10.1 Å². The van der Waals surface area contributed by atoms with Gasteiger partial charge in [-0.3, -0.25) is 4.55 Å². The number of hydrogen-bond donors (Lipinski definition) is 1. The van der Waals surface area contributed by atoms with E-state index in [2.05, 4.69) is 27.7 Å². The molecule has 98 valence electrons. The molecule has 0 unspecified atom stereocenters. The Hall–Kier alpha value is 0.560. The zero-order chi connectivity index (χ0) is 13.2. The Morgan fingerprint density at radius 1 is 1.17 bits per heavy atom. The van der Waals surface area contributed by atoms with E-state index in [1.165, 1.54) is 6.07 Å². The SMILES string of the molecule is CC(C)P(c1cccc(S(=O)(=O)O)c1)C(C)C.[H-].[Na+]. The molecule has 0 radical (unpaired) electrons. The smallest absolute Gasteiger partial charge is 1.00 e. The summed E-state index contributed by atoms with van der Waals surface area (Å²) in [6, 6.07) is 6.66. The first-order chi connectivity index (χ1) is 7.73. The molecule has 1 N–H and O–H groups in total. The van der Waals surface area contributed by atoms with Crippen molar-refractivity contribution in [2.24, 2.45) is 0 Å². The summed E-state index contributed by atoms with van der Waals surface area (Å²) in [5.74, 6) is 0. The Balaban J connectivity index is 0. The molecule has 0 fully saturated rings. The zero-order valence-corrected chi connectivity index (χ0v) is 15.3. The summed E-state index contributed by atoms with van der Waals surface area (Å²) < 4.78 is 31.3. The van der Waals surface area contributed by atoms with E-state index in [1.807, 2.05) is 6.07 Å². The van der Waals surface area contributed by atoms with Crippen LogP contribution < -0.4 is 34.9 Å². The fourth-order valence-electron chi connectivity index (χ4n) is 2.00. The van der Waals surface area contributed by atoms with Crippen LogP contribution in [0.2, 0.25) is 0 Å². The molecule has 0 saturated heterocycles. The van der Waals surface area contributed by atoms with Crippen molar-refractivity contribution in [3.63, 3.8) is 0 Å². The molecule has 0 bridgehead atoms. The third-order valence-corrected chi connectivity index (χ3v) is 6.48.